The van der Waals surface area contributed by atoms with E-state index < -0.39 is 0 Å². The first-order chi connectivity index (χ1) is 11.6. The summed E-state index contributed by atoms with van der Waals surface area (Å²) >= 11 is 0. The van der Waals surface area contributed by atoms with E-state index in [4.69, 9.17) is 0 Å². The van der Waals surface area contributed by atoms with E-state index in [9.17, 15) is 4.79 Å². The van der Waals surface area contributed by atoms with Crippen LogP contribution >= 0.6 is 0 Å². The highest BCUT2D eigenvalue weighted by Gasteiger charge is 2.18. The maximum Gasteiger partial charge on any atom is 0.246 e. The molecule has 0 N–H and O–H groups in total. The molecule has 1 amide bonds. The Morgan fingerprint density at radius 3 is 2.92 bits per heavy atom. The highest BCUT2D eigenvalue weighted by molar-refractivity contribution is 5.87. The van der Waals surface area contributed by atoms with Crippen molar-refractivity contribution in [2.24, 2.45) is 7.05 Å². The summed E-state index contributed by atoms with van der Waals surface area (Å²) in [6.07, 6.45) is 7.59. The van der Waals surface area contributed by atoms with E-state index in [1.807, 2.05) is 22.7 Å². The van der Waals surface area contributed by atoms with Crippen molar-refractivity contribution in [3.63, 3.8) is 0 Å². The molecule has 126 valence electrons. The van der Waals surface area contributed by atoms with Crippen LogP contribution in [0.1, 0.15) is 34.4 Å². The monoisotopic (exact) mass is 323 g/mol. The summed E-state index contributed by atoms with van der Waals surface area (Å²) in [6, 6.07) is 6.42. The summed E-state index contributed by atoms with van der Waals surface area (Å²) in [6.45, 7) is 7.16. The minimum absolute atomic E-state index is 0.0166. The Labute approximate surface area is 143 Å². The van der Waals surface area contributed by atoms with Gasteiger partial charge in [-0.15, -0.1) is 0 Å². The third-order valence-electron chi connectivity index (χ3n) is 5.09. The van der Waals surface area contributed by atoms with Crippen LogP contribution in [-0.4, -0.2) is 27.1 Å². The maximum absolute atomic E-state index is 12.3. The molecule has 1 aromatic heterocycles. The van der Waals surface area contributed by atoms with Crippen LogP contribution < -0.4 is 0 Å². The van der Waals surface area contributed by atoms with E-state index in [2.05, 4.69) is 30.7 Å². The quantitative estimate of drug-likeness (QED) is 0.767. The normalized spacial score (nSPS) is 12.9. The Kier molecular flexibility index (Phi) is 4.84. The maximum atomic E-state index is 12.3. The standard InChI is InChI=1S/C20H25N3O/c1-4-20(24)23(13-11-18-10-12-21-22(18)3)14-17-9-8-16-6-5-7-19(16)15(17)2/h4,8-10,12H,1,5-7,11,13-14H2,2-3H3. The lowest BCUT2D eigenvalue weighted by Gasteiger charge is -2.23. The van der Waals surface area contributed by atoms with Gasteiger partial charge in [0.25, 0.3) is 0 Å². The Morgan fingerprint density at radius 1 is 1.38 bits per heavy atom. The van der Waals surface area contributed by atoms with E-state index in [1.165, 1.54) is 47.6 Å². The van der Waals surface area contributed by atoms with Crippen molar-refractivity contribution in [1.29, 1.82) is 0 Å². The van der Waals surface area contributed by atoms with Gasteiger partial charge in [0, 0.05) is 38.4 Å². The molecule has 0 saturated heterocycles. The topological polar surface area (TPSA) is 38.1 Å². The van der Waals surface area contributed by atoms with E-state index in [0.29, 0.717) is 13.1 Å². The third kappa shape index (κ3) is 3.28. The number of carbonyl (C=O) groups excluding carboxylic acids is 1. The van der Waals surface area contributed by atoms with Gasteiger partial charge in [-0.1, -0.05) is 18.7 Å². The van der Waals surface area contributed by atoms with Gasteiger partial charge in [0.15, 0.2) is 0 Å². The van der Waals surface area contributed by atoms with Crippen molar-refractivity contribution in [3.8, 4) is 0 Å². The van der Waals surface area contributed by atoms with Gasteiger partial charge in [-0.25, -0.2) is 0 Å². The van der Waals surface area contributed by atoms with Crippen molar-refractivity contribution < 1.29 is 4.79 Å². The summed E-state index contributed by atoms with van der Waals surface area (Å²) < 4.78 is 1.86. The fourth-order valence-corrected chi connectivity index (χ4v) is 3.57. The van der Waals surface area contributed by atoms with E-state index in [0.717, 1.165) is 12.1 Å². The lowest BCUT2D eigenvalue weighted by molar-refractivity contribution is -0.126. The van der Waals surface area contributed by atoms with Crippen LogP contribution in [0.25, 0.3) is 0 Å². The van der Waals surface area contributed by atoms with Gasteiger partial charge in [0.1, 0.15) is 0 Å². The molecule has 0 unspecified atom stereocenters. The van der Waals surface area contributed by atoms with Crippen LogP contribution in [0, 0.1) is 6.92 Å². The molecule has 0 spiro atoms. The Balaban J connectivity index is 1.76. The minimum Gasteiger partial charge on any atom is -0.334 e. The van der Waals surface area contributed by atoms with E-state index in [-0.39, 0.29) is 5.91 Å². The number of fused-ring (bicyclic) bond motifs is 1. The second-order valence-electron chi connectivity index (χ2n) is 6.50. The highest BCUT2D eigenvalue weighted by Crippen LogP contribution is 2.28. The smallest absolute Gasteiger partial charge is 0.246 e. The minimum atomic E-state index is -0.0166. The molecule has 0 saturated carbocycles. The second-order valence-corrected chi connectivity index (χ2v) is 6.50. The van der Waals surface area contributed by atoms with Crippen LogP contribution in [0.5, 0.6) is 0 Å². The van der Waals surface area contributed by atoms with Gasteiger partial charge in [-0.05, 0) is 60.6 Å². The Hall–Kier alpha value is -2.36. The molecule has 3 rings (SSSR count). The fraction of sp³-hybridized carbons (Fsp3) is 0.400. The summed E-state index contributed by atoms with van der Waals surface area (Å²) in [5.41, 5.74) is 6.70. The molecule has 0 radical (unpaired) electrons. The van der Waals surface area contributed by atoms with Crippen LogP contribution in [0.3, 0.4) is 0 Å². The molecular formula is C20H25N3O. The molecule has 4 nitrogen and oxygen atoms in total. The third-order valence-corrected chi connectivity index (χ3v) is 5.09. The molecule has 0 bridgehead atoms. The molecular weight excluding hydrogens is 298 g/mol. The van der Waals surface area contributed by atoms with Gasteiger partial charge in [-0.3, -0.25) is 9.48 Å². The second kappa shape index (κ2) is 7.04. The first-order valence-corrected chi connectivity index (χ1v) is 8.58. The molecule has 1 aliphatic rings. The number of hydrogen-bond donors (Lipinski definition) is 0. The van der Waals surface area contributed by atoms with Crippen LogP contribution in [0.15, 0.2) is 37.1 Å². The summed E-state index contributed by atoms with van der Waals surface area (Å²) in [7, 11) is 1.93. The first kappa shape index (κ1) is 16.5. The average molecular weight is 323 g/mol. The van der Waals surface area contributed by atoms with Gasteiger partial charge >= 0.3 is 0 Å². The SMILES string of the molecule is C=CC(=O)N(CCc1ccnn1C)Cc1ccc2c(c1C)CCC2. The van der Waals surface area contributed by atoms with Crippen molar-refractivity contribution in [2.75, 3.05) is 6.54 Å². The number of rotatable bonds is 6. The summed E-state index contributed by atoms with van der Waals surface area (Å²) in [4.78, 5) is 14.2. The predicted octanol–water partition coefficient (Wildman–Crippen LogP) is 2.97. The molecule has 1 heterocycles. The number of nitrogens with zero attached hydrogens (tertiary/aromatic N) is 3. The summed E-state index contributed by atoms with van der Waals surface area (Å²) in [5.74, 6) is -0.0166. The zero-order valence-electron chi connectivity index (χ0n) is 14.6. The number of carbonyl (C=O) groups is 1. The Morgan fingerprint density at radius 2 is 2.21 bits per heavy atom. The molecule has 0 fully saturated rings. The lowest BCUT2D eigenvalue weighted by atomic mass is 9.98. The zero-order chi connectivity index (χ0) is 17.1. The highest BCUT2D eigenvalue weighted by atomic mass is 16.2. The molecule has 1 aromatic carbocycles. The fourth-order valence-electron chi connectivity index (χ4n) is 3.57. The molecule has 1 aliphatic carbocycles. The van der Waals surface area contributed by atoms with Crippen LogP contribution in [0.2, 0.25) is 0 Å². The molecule has 0 atom stereocenters. The number of aryl methyl sites for hydroxylation is 2. The number of hydrogen-bond acceptors (Lipinski definition) is 2. The van der Waals surface area contributed by atoms with Gasteiger partial charge in [0.2, 0.25) is 5.91 Å². The predicted molar refractivity (Wildman–Crippen MR) is 95.7 cm³/mol. The summed E-state index contributed by atoms with van der Waals surface area (Å²) in [5, 5.41) is 4.19. The van der Waals surface area contributed by atoms with Crippen LogP contribution in [-0.2, 0) is 37.6 Å². The number of aromatic nitrogens is 2. The van der Waals surface area contributed by atoms with Gasteiger partial charge in [-0.2, -0.15) is 5.10 Å². The number of amides is 1. The number of benzene rings is 1. The Bertz CT molecular complexity index is 760. The molecule has 2 aromatic rings. The van der Waals surface area contributed by atoms with Gasteiger partial charge in [0.05, 0.1) is 0 Å². The van der Waals surface area contributed by atoms with E-state index >= 15 is 0 Å². The van der Waals surface area contributed by atoms with Crippen molar-refractivity contribution in [1.82, 2.24) is 14.7 Å². The average Bonchev–Trinajstić information content (AvgIpc) is 3.22. The van der Waals surface area contributed by atoms with Crippen molar-refractivity contribution in [3.05, 3.63) is 65.0 Å². The van der Waals surface area contributed by atoms with Gasteiger partial charge < -0.3 is 4.90 Å². The zero-order valence-corrected chi connectivity index (χ0v) is 14.6. The van der Waals surface area contributed by atoms with Crippen molar-refractivity contribution >= 4 is 5.91 Å². The van der Waals surface area contributed by atoms with Crippen molar-refractivity contribution in [2.45, 2.75) is 39.2 Å². The lowest BCUT2D eigenvalue weighted by Crippen LogP contribution is -2.31. The first-order valence-electron chi connectivity index (χ1n) is 8.58. The van der Waals surface area contributed by atoms with E-state index in [1.54, 1.807) is 6.20 Å². The molecule has 24 heavy (non-hydrogen) atoms. The van der Waals surface area contributed by atoms with Crippen LogP contribution in [0.4, 0.5) is 0 Å². The molecule has 4 heteroatoms. The largest absolute Gasteiger partial charge is 0.334 e. The molecule has 0 aliphatic heterocycles.